The molecule has 0 saturated carbocycles. The third-order valence-corrected chi connectivity index (χ3v) is 6.05. The molecular formula is C23H29N3O3. The van der Waals surface area contributed by atoms with Gasteiger partial charge in [-0.3, -0.25) is 9.69 Å². The number of nitrogens with zero attached hydrogens (tertiary/aromatic N) is 3. The second-order valence-electron chi connectivity index (χ2n) is 7.82. The molecule has 0 aliphatic carbocycles. The molecule has 2 aliphatic rings. The largest absolute Gasteiger partial charge is 0.508 e. The fourth-order valence-corrected chi connectivity index (χ4v) is 4.40. The predicted octanol–water partition coefficient (Wildman–Crippen LogP) is 2.83. The Balaban J connectivity index is 1.34. The van der Waals surface area contributed by atoms with Crippen LogP contribution in [-0.4, -0.2) is 73.2 Å². The molecule has 1 N–H and O–H groups in total. The predicted molar refractivity (Wildman–Crippen MR) is 114 cm³/mol. The van der Waals surface area contributed by atoms with Gasteiger partial charge < -0.3 is 19.6 Å². The normalized spacial score (nSPS) is 20.5. The summed E-state index contributed by atoms with van der Waals surface area (Å²) < 4.78 is 5.25. The molecule has 2 aromatic carbocycles. The lowest BCUT2D eigenvalue weighted by atomic mass is 10.0. The van der Waals surface area contributed by atoms with E-state index in [0.29, 0.717) is 11.6 Å². The van der Waals surface area contributed by atoms with Crippen molar-refractivity contribution in [1.82, 2.24) is 9.80 Å². The maximum atomic E-state index is 12.8. The van der Waals surface area contributed by atoms with Gasteiger partial charge >= 0.3 is 0 Å². The van der Waals surface area contributed by atoms with Crippen molar-refractivity contribution in [2.75, 3.05) is 51.3 Å². The van der Waals surface area contributed by atoms with Crippen molar-refractivity contribution < 1.29 is 14.6 Å². The molecule has 2 fully saturated rings. The van der Waals surface area contributed by atoms with Crippen LogP contribution in [0.4, 0.5) is 5.69 Å². The molecule has 0 spiro atoms. The number of amides is 1. The van der Waals surface area contributed by atoms with Gasteiger partial charge in [0.15, 0.2) is 0 Å². The molecule has 2 saturated heterocycles. The van der Waals surface area contributed by atoms with Gasteiger partial charge in [-0.05, 0) is 55.3 Å². The third-order valence-electron chi connectivity index (χ3n) is 6.05. The van der Waals surface area contributed by atoms with Crippen molar-refractivity contribution in [3.05, 3.63) is 54.1 Å². The van der Waals surface area contributed by atoms with Crippen LogP contribution in [0.1, 0.15) is 23.2 Å². The van der Waals surface area contributed by atoms with Gasteiger partial charge in [-0.15, -0.1) is 0 Å². The molecule has 2 heterocycles. The van der Waals surface area contributed by atoms with E-state index in [9.17, 15) is 9.90 Å². The highest BCUT2D eigenvalue weighted by Gasteiger charge is 2.30. The van der Waals surface area contributed by atoms with E-state index in [1.54, 1.807) is 31.4 Å². The van der Waals surface area contributed by atoms with Crippen LogP contribution in [0.15, 0.2) is 48.5 Å². The number of piperidine rings is 1. The topological polar surface area (TPSA) is 56.2 Å². The number of hydrogen-bond donors (Lipinski definition) is 1. The first-order valence-electron chi connectivity index (χ1n) is 10.4. The van der Waals surface area contributed by atoms with E-state index in [1.807, 2.05) is 17.0 Å². The van der Waals surface area contributed by atoms with Crippen LogP contribution in [0.2, 0.25) is 0 Å². The number of phenols is 1. The van der Waals surface area contributed by atoms with E-state index in [1.165, 1.54) is 5.69 Å². The first kappa shape index (κ1) is 19.6. The van der Waals surface area contributed by atoms with Crippen LogP contribution in [-0.2, 0) is 0 Å². The molecule has 6 nitrogen and oxygen atoms in total. The Hall–Kier alpha value is -2.73. The van der Waals surface area contributed by atoms with Crippen LogP contribution in [0.3, 0.4) is 0 Å². The standard InChI is InChI=1S/C23H29N3O3/c1-29-22-9-7-19(8-10-22)24-12-14-25(15-13-24)20-5-3-11-26(17-20)23(28)18-4-2-6-21(27)16-18/h2,4,6-10,16,20,27H,3,5,11-15,17H2,1H3/t20-/m0/s1. The Morgan fingerprint density at radius 3 is 2.48 bits per heavy atom. The molecule has 0 unspecified atom stereocenters. The van der Waals surface area contributed by atoms with Gasteiger partial charge in [-0.25, -0.2) is 0 Å². The smallest absolute Gasteiger partial charge is 0.254 e. The zero-order valence-electron chi connectivity index (χ0n) is 17.0. The van der Waals surface area contributed by atoms with Crippen LogP contribution in [0, 0.1) is 0 Å². The summed E-state index contributed by atoms with van der Waals surface area (Å²) in [6, 6.07) is 15.3. The molecule has 0 radical (unpaired) electrons. The molecule has 4 rings (SSSR count). The maximum absolute atomic E-state index is 12.8. The van der Waals surface area contributed by atoms with E-state index in [0.717, 1.165) is 57.9 Å². The lowest BCUT2D eigenvalue weighted by Crippen LogP contribution is -2.55. The quantitative estimate of drug-likeness (QED) is 0.863. The van der Waals surface area contributed by atoms with Crippen molar-refractivity contribution in [3.8, 4) is 11.5 Å². The minimum atomic E-state index is 0.0162. The zero-order valence-corrected chi connectivity index (χ0v) is 17.0. The number of hydrogen-bond acceptors (Lipinski definition) is 5. The number of anilines is 1. The molecule has 1 atom stereocenters. The van der Waals surface area contributed by atoms with Crippen molar-refractivity contribution in [2.24, 2.45) is 0 Å². The number of rotatable bonds is 4. The average molecular weight is 396 g/mol. The number of aromatic hydroxyl groups is 1. The summed E-state index contributed by atoms with van der Waals surface area (Å²) >= 11 is 0. The Kier molecular flexibility index (Phi) is 5.90. The number of benzene rings is 2. The van der Waals surface area contributed by atoms with Gasteiger partial charge in [-0.1, -0.05) is 6.07 Å². The molecule has 0 bridgehead atoms. The summed E-state index contributed by atoms with van der Waals surface area (Å²) in [4.78, 5) is 19.7. The van der Waals surface area contributed by atoms with Crippen LogP contribution < -0.4 is 9.64 Å². The summed E-state index contributed by atoms with van der Waals surface area (Å²) in [5.41, 5.74) is 1.80. The molecule has 2 aromatic rings. The molecule has 2 aliphatic heterocycles. The first-order valence-corrected chi connectivity index (χ1v) is 10.4. The Labute approximate surface area is 172 Å². The van der Waals surface area contributed by atoms with Gasteiger partial charge in [0.25, 0.3) is 5.91 Å². The van der Waals surface area contributed by atoms with E-state index in [4.69, 9.17) is 4.74 Å². The van der Waals surface area contributed by atoms with Crippen LogP contribution in [0.25, 0.3) is 0 Å². The number of carbonyl (C=O) groups excluding carboxylic acids is 1. The first-order chi connectivity index (χ1) is 14.1. The van der Waals surface area contributed by atoms with Crippen molar-refractivity contribution in [2.45, 2.75) is 18.9 Å². The van der Waals surface area contributed by atoms with E-state index in [-0.39, 0.29) is 11.7 Å². The summed E-state index contributed by atoms with van der Waals surface area (Å²) in [6.45, 7) is 5.54. The number of carbonyl (C=O) groups is 1. The van der Waals surface area contributed by atoms with Crippen molar-refractivity contribution >= 4 is 11.6 Å². The van der Waals surface area contributed by atoms with Crippen molar-refractivity contribution in [1.29, 1.82) is 0 Å². The van der Waals surface area contributed by atoms with E-state index in [2.05, 4.69) is 21.9 Å². The highest BCUT2D eigenvalue weighted by Crippen LogP contribution is 2.24. The van der Waals surface area contributed by atoms with Gasteiger partial charge in [0.2, 0.25) is 0 Å². The number of methoxy groups -OCH3 is 1. The number of piperazine rings is 1. The van der Waals surface area contributed by atoms with Crippen LogP contribution >= 0.6 is 0 Å². The summed E-state index contributed by atoms with van der Waals surface area (Å²) in [7, 11) is 1.69. The van der Waals surface area contributed by atoms with E-state index >= 15 is 0 Å². The van der Waals surface area contributed by atoms with Crippen molar-refractivity contribution in [3.63, 3.8) is 0 Å². The molecular weight excluding hydrogens is 366 g/mol. The number of phenolic OH excluding ortho intramolecular Hbond substituents is 1. The van der Waals surface area contributed by atoms with Crippen LogP contribution in [0.5, 0.6) is 11.5 Å². The Bertz CT molecular complexity index is 832. The second kappa shape index (κ2) is 8.74. The highest BCUT2D eigenvalue weighted by atomic mass is 16.5. The SMILES string of the molecule is COc1ccc(N2CCN([C@H]3CCCN(C(=O)c4cccc(O)c4)C3)CC2)cc1. The number of likely N-dealkylation sites (tertiary alicyclic amines) is 1. The van der Waals surface area contributed by atoms with E-state index < -0.39 is 0 Å². The van der Waals surface area contributed by atoms with Gasteiger partial charge in [-0.2, -0.15) is 0 Å². The fourth-order valence-electron chi connectivity index (χ4n) is 4.40. The Morgan fingerprint density at radius 1 is 1.03 bits per heavy atom. The monoisotopic (exact) mass is 395 g/mol. The molecule has 29 heavy (non-hydrogen) atoms. The fraction of sp³-hybridized carbons (Fsp3) is 0.435. The molecule has 1 amide bonds. The lowest BCUT2D eigenvalue weighted by molar-refractivity contribution is 0.0563. The average Bonchev–Trinajstić information content (AvgIpc) is 2.79. The van der Waals surface area contributed by atoms with Gasteiger partial charge in [0.05, 0.1) is 7.11 Å². The Morgan fingerprint density at radius 2 is 1.79 bits per heavy atom. The van der Waals surface area contributed by atoms with Gasteiger partial charge in [0, 0.05) is 56.6 Å². The number of ether oxygens (including phenoxy) is 1. The third kappa shape index (κ3) is 4.48. The second-order valence-corrected chi connectivity index (χ2v) is 7.82. The lowest BCUT2D eigenvalue weighted by Gasteiger charge is -2.44. The molecule has 0 aromatic heterocycles. The zero-order chi connectivity index (χ0) is 20.2. The molecule has 6 heteroatoms. The molecule has 154 valence electrons. The maximum Gasteiger partial charge on any atom is 0.254 e. The summed E-state index contributed by atoms with van der Waals surface area (Å²) in [5.74, 6) is 1.03. The highest BCUT2D eigenvalue weighted by molar-refractivity contribution is 5.94. The summed E-state index contributed by atoms with van der Waals surface area (Å²) in [6.07, 6.45) is 2.15. The minimum absolute atomic E-state index is 0.0162. The van der Waals surface area contributed by atoms with Gasteiger partial charge in [0.1, 0.15) is 11.5 Å². The minimum Gasteiger partial charge on any atom is -0.508 e. The summed E-state index contributed by atoms with van der Waals surface area (Å²) in [5, 5.41) is 9.67.